The highest BCUT2D eigenvalue weighted by Crippen LogP contribution is 2.36. The molecule has 0 aliphatic carbocycles. The van der Waals surface area contributed by atoms with Crippen molar-refractivity contribution < 1.29 is 9.18 Å². The fourth-order valence-corrected chi connectivity index (χ4v) is 3.72. The maximum atomic E-state index is 13.9. The van der Waals surface area contributed by atoms with Crippen LogP contribution in [0.5, 0.6) is 0 Å². The van der Waals surface area contributed by atoms with E-state index in [2.05, 4.69) is 15.9 Å². The average Bonchev–Trinajstić information content (AvgIpc) is 2.46. The van der Waals surface area contributed by atoms with Gasteiger partial charge in [-0.2, -0.15) is 0 Å². The van der Waals surface area contributed by atoms with Crippen LogP contribution in [-0.2, 0) is 0 Å². The summed E-state index contributed by atoms with van der Waals surface area (Å²) in [5.74, 6) is 0.0114. The summed E-state index contributed by atoms with van der Waals surface area (Å²) < 4.78 is 14.4. The average molecular weight is 352 g/mol. The van der Waals surface area contributed by atoms with Crippen LogP contribution in [0.15, 0.2) is 51.8 Å². The standard InChI is InChI=1S/C15H11BrFNOS/c16-10-4-3-5-11(17)14(10)15(19)18-8-9-20-13-7-2-1-6-12(13)18/h1-7H,8-9H2. The molecule has 1 heterocycles. The van der Waals surface area contributed by atoms with Gasteiger partial charge in [-0.1, -0.05) is 18.2 Å². The van der Waals surface area contributed by atoms with Crippen molar-refractivity contribution in [1.29, 1.82) is 0 Å². The molecule has 0 fully saturated rings. The predicted molar refractivity (Wildman–Crippen MR) is 82.9 cm³/mol. The predicted octanol–water partition coefficient (Wildman–Crippen LogP) is 4.34. The van der Waals surface area contributed by atoms with E-state index in [0.717, 1.165) is 16.3 Å². The Balaban J connectivity index is 2.05. The first-order valence-corrected chi connectivity index (χ1v) is 7.94. The quantitative estimate of drug-likeness (QED) is 0.761. The van der Waals surface area contributed by atoms with Gasteiger partial charge in [-0.3, -0.25) is 4.79 Å². The number of hydrogen-bond acceptors (Lipinski definition) is 2. The van der Waals surface area contributed by atoms with Crippen LogP contribution >= 0.6 is 27.7 Å². The summed E-state index contributed by atoms with van der Waals surface area (Å²) in [7, 11) is 0. The Morgan fingerprint density at radius 3 is 2.80 bits per heavy atom. The summed E-state index contributed by atoms with van der Waals surface area (Å²) in [6.07, 6.45) is 0. The molecule has 1 amide bonds. The molecule has 1 aliphatic heterocycles. The third-order valence-corrected chi connectivity index (χ3v) is 4.85. The van der Waals surface area contributed by atoms with E-state index >= 15 is 0 Å². The highest BCUT2D eigenvalue weighted by atomic mass is 79.9. The molecule has 0 aromatic heterocycles. The SMILES string of the molecule is O=C(c1c(F)cccc1Br)N1CCSc2ccccc21. The first kappa shape index (κ1) is 13.6. The number of benzene rings is 2. The molecule has 0 N–H and O–H groups in total. The van der Waals surface area contributed by atoms with E-state index < -0.39 is 5.82 Å². The Morgan fingerprint density at radius 2 is 2.00 bits per heavy atom. The minimum Gasteiger partial charge on any atom is -0.306 e. The van der Waals surface area contributed by atoms with Crippen molar-refractivity contribution in [3.63, 3.8) is 0 Å². The fourth-order valence-electron chi connectivity index (χ4n) is 2.22. The number of para-hydroxylation sites is 1. The summed E-state index contributed by atoms with van der Waals surface area (Å²) in [4.78, 5) is 15.4. The summed E-state index contributed by atoms with van der Waals surface area (Å²) >= 11 is 4.98. The molecule has 0 radical (unpaired) electrons. The number of fused-ring (bicyclic) bond motifs is 1. The van der Waals surface area contributed by atoms with Crippen molar-refractivity contribution in [2.24, 2.45) is 0 Å². The molecule has 0 saturated heterocycles. The van der Waals surface area contributed by atoms with Crippen molar-refractivity contribution in [3.05, 3.63) is 58.3 Å². The third kappa shape index (κ3) is 2.36. The van der Waals surface area contributed by atoms with Gasteiger partial charge in [-0.25, -0.2) is 4.39 Å². The van der Waals surface area contributed by atoms with E-state index in [-0.39, 0.29) is 11.5 Å². The Morgan fingerprint density at radius 1 is 1.20 bits per heavy atom. The molecule has 0 saturated carbocycles. The lowest BCUT2D eigenvalue weighted by molar-refractivity contribution is 0.0983. The third-order valence-electron chi connectivity index (χ3n) is 3.15. The van der Waals surface area contributed by atoms with Crippen LogP contribution in [0.3, 0.4) is 0 Å². The lowest BCUT2D eigenvalue weighted by atomic mass is 10.1. The van der Waals surface area contributed by atoms with Gasteiger partial charge in [0, 0.05) is 21.7 Å². The van der Waals surface area contributed by atoms with E-state index in [1.165, 1.54) is 6.07 Å². The molecule has 0 bridgehead atoms. The van der Waals surface area contributed by atoms with E-state index in [0.29, 0.717) is 11.0 Å². The zero-order valence-corrected chi connectivity index (χ0v) is 12.9. The van der Waals surface area contributed by atoms with Crippen molar-refractivity contribution in [1.82, 2.24) is 0 Å². The van der Waals surface area contributed by atoms with E-state index in [4.69, 9.17) is 0 Å². The second-order valence-electron chi connectivity index (χ2n) is 4.37. The van der Waals surface area contributed by atoms with Crippen LogP contribution in [0, 0.1) is 5.82 Å². The largest absolute Gasteiger partial charge is 0.306 e. The number of nitrogens with zero attached hydrogens (tertiary/aromatic N) is 1. The lowest BCUT2D eigenvalue weighted by Gasteiger charge is -2.29. The van der Waals surface area contributed by atoms with Crippen LogP contribution in [0.25, 0.3) is 0 Å². The minimum absolute atomic E-state index is 0.0919. The van der Waals surface area contributed by atoms with Crippen molar-refractivity contribution in [2.75, 3.05) is 17.2 Å². The summed E-state index contributed by atoms with van der Waals surface area (Å²) in [5.41, 5.74) is 0.943. The van der Waals surface area contributed by atoms with E-state index in [1.807, 2.05) is 24.3 Å². The van der Waals surface area contributed by atoms with Crippen LogP contribution in [-0.4, -0.2) is 18.2 Å². The maximum Gasteiger partial charge on any atom is 0.262 e. The van der Waals surface area contributed by atoms with Crippen molar-refractivity contribution in [2.45, 2.75) is 4.90 Å². The Labute approximate surface area is 129 Å². The van der Waals surface area contributed by atoms with Crippen LogP contribution in [0.2, 0.25) is 0 Å². The number of carbonyl (C=O) groups excluding carboxylic acids is 1. The van der Waals surface area contributed by atoms with Crippen LogP contribution < -0.4 is 4.90 Å². The van der Waals surface area contributed by atoms with Gasteiger partial charge in [-0.15, -0.1) is 11.8 Å². The molecular formula is C15H11BrFNOS. The van der Waals surface area contributed by atoms with Gasteiger partial charge < -0.3 is 4.90 Å². The summed E-state index contributed by atoms with van der Waals surface area (Å²) in [5, 5.41) is 0. The highest BCUT2D eigenvalue weighted by Gasteiger charge is 2.27. The second kappa shape index (κ2) is 5.58. The monoisotopic (exact) mass is 351 g/mol. The van der Waals surface area contributed by atoms with Gasteiger partial charge in [-0.05, 0) is 40.2 Å². The number of anilines is 1. The van der Waals surface area contributed by atoms with Crippen molar-refractivity contribution >= 4 is 39.3 Å². The summed E-state index contributed by atoms with van der Waals surface area (Å²) in [6.45, 7) is 0.585. The lowest BCUT2D eigenvalue weighted by Crippen LogP contribution is -2.36. The molecule has 1 aliphatic rings. The zero-order valence-electron chi connectivity index (χ0n) is 10.5. The number of carbonyl (C=O) groups is 1. The van der Waals surface area contributed by atoms with E-state index in [9.17, 15) is 9.18 Å². The zero-order chi connectivity index (χ0) is 14.1. The summed E-state index contributed by atoms with van der Waals surface area (Å²) in [6, 6.07) is 12.3. The molecule has 2 aromatic rings. The smallest absolute Gasteiger partial charge is 0.262 e. The van der Waals surface area contributed by atoms with Gasteiger partial charge in [0.15, 0.2) is 0 Å². The number of amides is 1. The van der Waals surface area contributed by atoms with Crippen LogP contribution in [0.1, 0.15) is 10.4 Å². The van der Waals surface area contributed by atoms with Gasteiger partial charge in [0.1, 0.15) is 5.82 Å². The number of thioether (sulfide) groups is 1. The van der Waals surface area contributed by atoms with E-state index in [1.54, 1.807) is 28.8 Å². The number of hydrogen-bond donors (Lipinski definition) is 0. The first-order chi connectivity index (χ1) is 9.68. The molecule has 3 rings (SSSR count). The Kier molecular flexibility index (Phi) is 3.81. The molecular weight excluding hydrogens is 341 g/mol. The molecule has 0 spiro atoms. The minimum atomic E-state index is -0.500. The van der Waals surface area contributed by atoms with Crippen molar-refractivity contribution in [3.8, 4) is 0 Å². The van der Waals surface area contributed by atoms with Gasteiger partial charge in [0.25, 0.3) is 5.91 Å². The maximum absolute atomic E-state index is 13.9. The molecule has 0 atom stereocenters. The highest BCUT2D eigenvalue weighted by molar-refractivity contribution is 9.10. The molecule has 5 heteroatoms. The Bertz CT molecular complexity index is 656. The number of rotatable bonds is 1. The topological polar surface area (TPSA) is 20.3 Å². The second-order valence-corrected chi connectivity index (χ2v) is 6.36. The van der Waals surface area contributed by atoms with Gasteiger partial charge in [0.2, 0.25) is 0 Å². The molecule has 102 valence electrons. The van der Waals surface area contributed by atoms with Crippen LogP contribution in [0.4, 0.5) is 10.1 Å². The normalized spacial score (nSPS) is 14.0. The fraction of sp³-hybridized carbons (Fsp3) is 0.133. The van der Waals surface area contributed by atoms with Gasteiger partial charge >= 0.3 is 0 Å². The first-order valence-electron chi connectivity index (χ1n) is 6.16. The molecule has 20 heavy (non-hydrogen) atoms. The number of halogens is 2. The molecule has 0 unspecified atom stereocenters. The van der Waals surface area contributed by atoms with Gasteiger partial charge in [0.05, 0.1) is 11.3 Å². The molecule has 2 nitrogen and oxygen atoms in total. The Hall–Kier alpha value is -1.33. The molecule has 2 aromatic carbocycles.